The summed E-state index contributed by atoms with van der Waals surface area (Å²) in [5.74, 6) is -0.185. The van der Waals surface area contributed by atoms with E-state index in [0.29, 0.717) is 11.1 Å². The fraction of sp³-hybridized carbons (Fsp3) is 0.368. The van der Waals surface area contributed by atoms with Crippen molar-refractivity contribution < 1.29 is 8.78 Å². The molecule has 25 heavy (non-hydrogen) atoms. The Kier molecular flexibility index (Phi) is 5.25. The Bertz CT molecular complexity index is 762. The molecule has 130 valence electrons. The van der Waals surface area contributed by atoms with Crippen molar-refractivity contribution in [2.24, 2.45) is 0 Å². The minimum absolute atomic E-state index is 0.0586. The fourth-order valence-electron chi connectivity index (χ4n) is 3.35. The highest BCUT2D eigenvalue weighted by atomic mass is 19.1. The number of benzene rings is 1. The van der Waals surface area contributed by atoms with Crippen LogP contribution in [0.1, 0.15) is 30.5 Å². The maximum absolute atomic E-state index is 14.1. The lowest BCUT2D eigenvalue weighted by Crippen LogP contribution is -2.48. The molecule has 3 rings (SSSR count). The summed E-state index contributed by atoms with van der Waals surface area (Å²) in [6, 6.07) is 9.44. The molecule has 0 aliphatic carbocycles. The van der Waals surface area contributed by atoms with E-state index in [4.69, 9.17) is 5.26 Å². The number of hydrogen-bond donors (Lipinski definition) is 0. The number of nitrogens with zero attached hydrogens (tertiary/aromatic N) is 4. The van der Waals surface area contributed by atoms with Gasteiger partial charge in [-0.1, -0.05) is 13.0 Å². The molecule has 6 heteroatoms. The van der Waals surface area contributed by atoms with E-state index in [1.54, 1.807) is 18.3 Å². The fourth-order valence-corrected chi connectivity index (χ4v) is 3.35. The third-order valence-electron chi connectivity index (χ3n) is 4.66. The lowest BCUT2D eigenvalue weighted by atomic mass is 10.0. The Morgan fingerprint density at radius 2 is 1.92 bits per heavy atom. The quantitative estimate of drug-likeness (QED) is 0.853. The number of pyridine rings is 1. The highest BCUT2D eigenvalue weighted by molar-refractivity contribution is 5.42. The third kappa shape index (κ3) is 3.77. The summed E-state index contributed by atoms with van der Waals surface area (Å²) in [5.41, 5.74) is 1.09. The zero-order valence-electron chi connectivity index (χ0n) is 14.1. The topological polar surface area (TPSA) is 43.2 Å². The maximum Gasteiger partial charge on any atom is 0.130 e. The van der Waals surface area contributed by atoms with Crippen LogP contribution in [-0.4, -0.2) is 36.1 Å². The summed E-state index contributed by atoms with van der Waals surface area (Å²) in [4.78, 5) is 8.72. The van der Waals surface area contributed by atoms with Gasteiger partial charge in [-0.05, 0) is 24.6 Å². The highest BCUT2D eigenvalue weighted by Gasteiger charge is 2.26. The smallest absolute Gasteiger partial charge is 0.130 e. The van der Waals surface area contributed by atoms with Crippen molar-refractivity contribution in [2.45, 2.75) is 19.4 Å². The number of nitriles is 1. The minimum Gasteiger partial charge on any atom is -0.354 e. The van der Waals surface area contributed by atoms with Gasteiger partial charge >= 0.3 is 0 Å². The van der Waals surface area contributed by atoms with Gasteiger partial charge in [-0.15, -0.1) is 0 Å². The molecule has 1 aliphatic rings. The zero-order valence-corrected chi connectivity index (χ0v) is 14.1. The first-order valence-electron chi connectivity index (χ1n) is 8.42. The molecule has 1 aromatic carbocycles. The monoisotopic (exact) mass is 342 g/mol. The second kappa shape index (κ2) is 7.58. The van der Waals surface area contributed by atoms with Gasteiger partial charge in [-0.2, -0.15) is 5.26 Å². The molecule has 1 unspecified atom stereocenters. The predicted molar refractivity (Wildman–Crippen MR) is 92.1 cm³/mol. The maximum atomic E-state index is 14.1. The average Bonchev–Trinajstić information content (AvgIpc) is 2.65. The summed E-state index contributed by atoms with van der Waals surface area (Å²) in [5, 5.41) is 8.85. The second-order valence-corrected chi connectivity index (χ2v) is 6.13. The Labute approximate surface area is 146 Å². The number of piperazine rings is 1. The molecule has 2 aromatic rings. The lowest BCUT2D eigenvalue weighted by Gasteiger charge is -2.39. The van der Waals surface area contributed by atoms with Crippen molar-refractivity contribution in [3.05, 3.63) is 59.3 Å². The first kappa shape index (κ1) is 17.3. The number of hydrogen-bond acceptors (Lipinski definition) is 4. The predicted octanol–water partition coefficient (Wildman–Crippen LogP) is 3.50. The number of anilines is 1. The molecule has 0 spiro atoms. The van der Waals surface area contributed by atoms with Crippen LogP contribution < -0.4 is 4.90 Å². The zero-order chi connectivity index (χ0) is 17.8. The van der Waals surface area contributed by atoms with Crippen LogP contribution in [0.5, 0.6) is 0 Å². The second-order valence-electron chi connectivity index (χ2n) is 6.13. The minimum atomic E-state index is -0.548. The Balaban J connectivity index is 1.68. The first-order valence-corrected chi connectivity index (χ1v) is 8.42. The van der Waals surface area contributed by atoms with Crippen molar-refractivity contribution >= 4 is 5.82 Å². The molecule has 0 amide bonds. The number of rotatable bonds is 4. The van der Waals surface area contributed by atoms with Crippen molar-refractivity contribution in [3.63, 3.8) is 0 Å². The van der Waals surface area contributed by atoms with E-state index in [-0.39, 0.29) is 6.04 Å². The summed E-state index contributed by atoms with van der Waals surface area (Å²) in [6.07, 6.45) is 2.34. The van der Waals surface area contributed by atoms with E-state index >= 15 is 0 Å². The Hall–Kier alpha value is -2.52. The van der Waals surface area contributed by atoms with Crippen molar-refractivity contribution in [2.75, 3.05) is 31.1 Å². The molecule has 1 atom stereocenters. The van der Waals surface area contributed by atoms with Crippen LogP contribution in [0.3, 0.4) is 0 Å². The third-order valence-corrected chi connectivity index (χ3v) is 4.66. The van der Waals surface area contributed by atoms with Gasteiger partial charge in [0.15, 0.2) is 0 Å². The van der Waals surface area contributed by atoms with Crippen LogP contribution in [-0.2, 0) is 0 Å². The SMILES string of the molecule is CCC(c1ccc(F)cc1F)N1CCN(c2ccc(C#N)cn2)CC1. The van der Waals surface area contributed by atoms with Gasteiger partial charge < -0.3 is 4.90 Å². The first-order chi connectivity index (χ1) is 12.1. The number of halogens is 2. The van der Waals surface area contributed by atoms with Crippen LogP contribution in [0, 0.1) is 23.0 Å². The standard InChI is InChI=1S/C19H20F2N4/c1-2-18(16-5-4-15(20)11-17(16)21)24-7-9-25(10-8-24)19-6-3-14(12-22)13-23-19/h3-6,11,13,18H,2,7-10H2,1H3. The molecule has 1 saturated heterocycles. The van der Waals surface area contributed by atoms with Crippen LogP contribution in [0.25, 0.3) is 0 Å². The van der Waals surface area contributed by atoms with Gasteiger partial charge in [-0.25, -0.2) is 13.8 Å². The van der Waals surface area contributed by atoms with Gasteiger partial charge in [0, 0.05) is 50.0 Å². The normalized spacial score (nSPS) is 16.5. The van der Waals surface area contributed by atoms with Gasteiger partial charge in [0.05, 0.1) is 5.56 Å². The van der Waals surface area contributed by atoms with Gasteiger partial charge in [0.2, 0.25) is 0 Å². The summed E-state index contributed by atoms with van der Waals surface area (Å²) < 4.78 is 27.3. The van der Waals surface area contributed by atoms with Gasteiger partial charge in [0.25, 0.3) is 0 Å². The molecule has 0 bridgehead atoms. The van der Waals surface area contributed by atoms with Crippen LogP contribution in [0.4, 0.5) is 14.6 Å². The Morgan fingerprint density at radius 1 is 1.16 bits per heavy atom. The lowest BCUT2D eigenvalue weighted by molar-refractivity contribution is 0.177. The molecule has 1 fully saturated rings. The van der Waals surface area contributed by atoms with E-state index in [1.807, 2.05) is 13.0 Å². The molecular formula is C19H20F2N4. The molecule has 1 aromatic heterocycles. The highest BCUT2D eigenvalue weighted by Crippen LogP contribution is 2.28. The average molecular weight is 342 g/mol. The van der Waals surface area contributed by atoms with Gasteiger partial charge in [-0.3, -0.25) is 4.90 Å². The molecule has 0 saturated carbocycles. The molecule has 4 nitrogen and oxygen atoms in total. The van der Waals surface area contributed by atoms with Gasteiger partial charge in [0.1, 0.15) is 23.5 Å². The van der Waals surface area contributed by atoms with Crippen molar-refractivity contribution in [1.29, 1.82) is 5.26 Å². The summed E-state index contributed by atoms with van der Waals surface area (Å²) in [7, 11) is 0. The Morgan fingerprint density at radius 3 is 2.48 bits per heavy atom. The van der Waals surface area contributed by atoms with Crippen molar-refractivity contribution in [3.8, 4) is 6.07 Å². The van der Waals surface area contributed by atoms with E-state index in [2.05, 4.69) is 20.9 Å². The van der Waals surface area contributed by atoms with Crippen LogP contribution >= 0.6 is 0 Å². The number of aromatic nitrogens is 1. The van der Waals surface area contributed by atoms with Crippen molar-refractivity contribution in [1.82, 2.24) is 9.88 Å². The van der Waals surface area contributed by atoms with Crippen LogP contribution in [0.15, 0.2) is 36.5 Å². The molecule has 2 heterocycles. The summed E-state index contributed by atoms with van der Waals surface area (Å²) >= 11 is 0. The summed E-state index contributed by atoms with van der Waals surface area (Å²) in [6.45, 7) is 5.12. The van der Waals surface area contributed by atoms with Crippen LogP contribution in [0.2, 0.25) is 0 Å². The van der Waals surface area contributed by atoms with E-state index < -0.39 is 11.6 Å². The molecular weight excluding hydrogens is 322 g/mol. The molecule has 0 radical (unpaired) electrons. The largest absolute Gasteiger partial charge is 0.354 e. The van der Waals surface area contributed by atoms with E-state index in [9.17, 15) is 8.78 Å². The van der Waals surface area contributed by atoms with E-state index in [0.717, 1.165) is 44.5 Å². The molecule has 1 aliphatic heterocycles. The molecule has 0 N–H and O–H groups in total. The van der Waals surface area contributed by atoms with E-state index in [1.165, 1.54) is 6.07 Å².